The molecule has 2 aromatic carbocycles. The number of nitrogens with one attached hydrogen (secondary N) is 2. The van der Waals surface area contributed by atoms with Crippen LogP contribution in [0.4, 0.5) is 5.69 Å². The minimum atomic E-state index is -0.997. The highest BCUT2D eigenvalue weighted by atomic mass is 32.1. The number of carboxylic acid groups (broad SMARTS) is 1. The molecule has 1 aromatic heterocycles. The summed E-state index contributed by atoms with van der Waals surface area (Å²) in [5, 5.41) is 31.9. The Kier molecular flexibility index (Phi) is 7.36. The number of carbonyl (C=O) groups is 1. The van der Waals surface area contributed by atoms with Gasteiger partial charge in [0.05, 0.1) is 11.3 Å². The van der Waals surface area contributed by atoms with Crippen molar-refractivity contribution < 1.29 is 15.0 Å². The van der Waals surface area contributed by atoms with E-state index in [2.05, 4.69) is 53.8 Å². The summed E-state index contributed by atoms with van der Waals surface area (Å²) in [5.41, 5.74) is 7.11. The second-order valence-corrected chi connectivity index (χ2v) is 9.24. The molecule has 9 heteroatoms. The van der Waals surface area contributed by atoms with Crippen LogP contribution in [0.15, 0.2) is 53.6 Å². The highest BCUT2D eigenvalue weighted by molar-refractivity contribution is 7.80. The lowest BCUT2D eigenvalue weighted by Gasteiger charge is -2.19. The number of nitrogens with zero attached hydrogens (tertiary/aromatic N) is 3. The number of aromatic carboxylic acids is 1. The number of hydrogen-bond donors (Lipinski definition) is 4. The van der Waals surface area contributed by atoms with Crippen molar-refractivity contribution in [3.63, 3.8) is 0 Å². The Morgan fingerprint density at radius 1 is 1.12 bits per heavy atom. The van der Waals surface area contributed by atoms with E-state index in [-0.39, 0.29) is 21.8 Å². The number of thiocarbonyl (C=S) groups is 1. The number of rotatable bonds is 6. The fourth-order valence-corrected chi connectivity index (χ4v) is 3.55. The van der Waals surface area contributed by atoms with Crippen LogP contribution in [-0.4, -0.2) is 36.8 Å². The van der Waals surface area contributed by atoms with E-state index in [1.54, 1.807) is 23.7 Å². The largest absolute Gasteiger partial charge is 0.504 e. The lowest BCUT2D eigenvalue weighted by atomic mass is 9.86. The first-order valence-electron chi connectivity index (χ1n) is 10.9. The first kappa shape index (κ1) is 24.9. The maximum absolute atomic E-state index is 11.0. The number of carboxylic acids is 1. The summed E-state index contributed by atoms with van der Waals surface area (Å²) in [6.07, 6.45) is 0. The third-order valence-electron chi connectivity index (χ3n) is 5.31. The predicted molar refractivity (Wildman–Crippen MR) is 139 cm³/mol. The summed E-state index contributed by atoms with van der Waals surface area (Å²) < 4.78 is 1.75. The van der Waals surface area contributed by atoms with Crippen molar-refractivity contribution in [3.05, 3.63) is 65.4 Å². The van der Waals surface area contributed by atoms with Gasteiger partial charge in [-0.25, -0.2) is 4.79 Å². The Balaban J connectivity index is 1.78. The van der Waals surface area contributed by atoms with Gasteiger partial charge in [0.15, 0.2) is 16.6 Å². The molecule has 0 aliphatic rings. The molecular weight excluding hydrogens is 450 g/mol. The van der Waals surface area contributed by atoms with Crippen molar-refractivity contribution in [2.75, 3.05) is 5.32 Å². The molecule has 0 fully saturated rings. The van der Waals surface area contributed by atoms with Crippen LogP contribution in [0.25, 0.3) is 11.3 Å². The van der Waals surface area contributed by atoms with Crippen LogP contribution in [0, 0.1) is 0 Å². The van der Waals surface area contributed by atoms with Gasteiger partial charge in [-0.15, -0.1) is 0 Å². The number of anilines is 1. The SMILES string of the molecule is CCn1nc(/C(C)=N\NC(=S)Nc2ccc(C(=O)O)cc2)c(O)c1-c1ccc(C(C)(C)C)cc1. The number of benzene rings is 2. The summed E-state index contributed by atoms with van der Waals surface area (Å²) in [6.45, 7) is 10.7. The van der Waals surface area contributed by atoms with Crippen molar-refractivity contribution >= 4 is 34.7 Å². The predicted octanol–water partition coefficient (Wildman–Crippen LogP) is 4.98. The Labute approximate surface area is 204 Å². The van der Waals surface area contributed by atoms with E-state index in [0.29, 0.717) is 29.3 Å². The Morgan fingerprint density at radius 2 is 1.74 bits per heavy atom. The molecule has 0 saturated carbocycles. The lowest BCUT2D eigenvalue weighted by Crippen LogP contribution is -2.25. The van der Waals surface area contributed by atoms with Crippen LogP contribution in [0.5, 0.6) is 5.75 Å². The molecule has 3 rings (SSSR count). The van der Waals surface area contributed by atoms with Gasteiger partial charge in [0.2, 0.25) is 0 Å². The van der Waals surface area contributed by atoms with E-state index in [4.69, 9.17) is 17.3 Å². The van der Waals surface area contributed by atoms with Crippen molar-refractivity contribution in [1.29, 1.82) is 0 Å². The number of aromatic nitrogens is 2. The van der Waals surface area contributed by atoms with Gasteiger partial charge in [0, 0.05) is 17.8 Å². The molecule has 178 valence electrons. The topological polar surface area (TPSA) is 112 Å². The molecule has 3 aromatic rings. The second-order valence-electron chi connectivity index (χ2n) is 8.83. The molecule has 4 N–H and O–H groups in total. The summed E-state index contributed by atoms with van der Waals surface area (Å²) in [4.78, 5) is 11.0. The molecular formula is C25H29N5O3S. The maximum Gasteiger partial charge on any atom is 0.335 e. The summed E-state index contributed by atoms with van der Waals surface area (Å²) in [7, 11) is 0. The third kappa shape index (κ3) is 5.60. The Bertz CT molecular complexity index is 1220. The van der Waals surface area contributed by atoms with Gasteiger partial charge in [-0.2, -0.15) is 10.2 Å². The molecule has 0 aliphatic heterocycles. The van der Waals surface area contributed by atoms with Crippen molar-refractivity contribution in [2.45, 2.75) is 46.6 Å². The first-order chi connectivity index (χ1) is 16.0. The smallest absolute Gasteiger partial charge is 0.335 e. The van der Waals surface area contributed by atoms with Gasteiger partial charge in [0.25, 0.3) is 0 Å². The van der Waals surface area contributed by atoms with Crippen molar-refractivity contribution in [3.8, 4) is 17.0 Å². The number of aryl methyl sites for hydroxylation is 1. The van der Waals surface area contributed by atoms with Crippen LogP contribution >= 0.6 is 12.2 Å². The summed E-state index contributed by atoms with van der Waals surface area (Å²) in [5.74, 6) is -0.945. The quantitative estimate of drug-likeness (QED) is 0.224. The molecule has 0 bridgehead atoms. The van der Waals surface area contributed by atoms with E-state index >= 15 is 0 Å². The van der Waals surface area contributed by atoms with E-state index in [1.165, 1.54) is 17.7 Å². The van der Waals surface area contributed by atoms with Crippen LogP contribution in [0.1, 0.15) is 56.2 Å². The molecule has 0 spiro atoms. The van der Waals surface area contributed by atoms with Crippen molar-refractivity contribution in [2.24, 2.45) is 5.10 Å². The molecule has 8 nitrogen and oxygen atoms in total. The molecule has 0 saturated heterocycles. The van der Waals surface area contributed by atoms with Crippen LogP contribution in [0.3, 0.4) is 0 Å². The second kappa shape index (κ2) is 10.0. The highest BCUT2D eigenvalue weighted by Gasteiger charge is 2.21. The average molecular weight is 480 g/mol. The molecule has 0 radical (unpaired) electrons. The fourth-order valence-electron chi connectivity index (χ4n) is 3.38. The van der Waals surface area contributed by atoms with E-state index in [0.717, 1.165) is 5.56 Å². The van der Waals surface area contributed by atoms with E-state index in [9.17, 15) is 9.90 Å². The van der Waals surface area contributed by atoms with Crippen LogP contribution in [0.2, 0.25) is 0 Å². The normalized spacial score (nSPS) is 11.9. The first-order valence-corrected chi connectivity index (χ1v) is 11.3. The van der Waals surface area contributed by atoms with Crippen molar-refractivity contribution in [1.82, 2.24) is 15.2 Å². The lowest BCUT2D eigenvalue weighted by molar-refractivity contribution is 0.0697. The zero-order chi connectivity index (χ0) is 25.0. The number of hydrazone groups is 1. The molecule has 34 heavy (non-hydrogen) atoms. The zero-order valence-corrected chi connectivity index (χ0v) is 20.7. The molecule has 0 atom stereocenters. The number of hydrogen-bond acceptors (Lipinski definition) is 5. The van der Waals surface area contributed by atoms with Gasteiger partial charge in [-0.05, 0) is 61.3 Å². The van der Waals surface area contributed by atoms with Gasteiger partial charge in [-0.1, -0.05) is 45.0 Å². The van der Waals surface area contributed by atoms with E-state index in [1.807, 2.05) is 19.1 Å². The highest BCUT2D eigenvalue weighted by Crippen LogP contribution is 2.34. The van der Waals surface area contributed by atoms with Crippen LogP contribution < -0.4 is 10.7 Å². The third-order valence-corrected chi connectivity index (χ3v) is 5.50. The molecule has 0 unspecified atom stereocenters. The van der Waals surface area contributed by atoms with Gasteiger partial charge in [-0.3, -0.25) is 10.1 Å². The fraction of sp³-hybridized carbons (Fsp3) is 0.280. The van der Waals surface area contributed by atoms with Gasteiger partial charge < -0.3 is 15.5 Å². The van der Waals surface area contributed by atoms with Crippen LogP contribution in [-0.2, 0) is 12.0 Å². The number of aromatic hydroxyl groups is 1. The molecule has 0 aliphatic carbocycles. The Morgan fingerprint density at radius 3 is 2.26 bits per heavy atom. The minimum Gasteiger partial charge on any atom is -0.504 e. The molecule has 1 heterocycles. The summed E-state index contributed by atoms with van der Waals surface area (Å²) in [6, 6.07) is 14.3. The molecule has 0 amide bonds. The Hall–Kier alpha value is -3.72. The van der Waals surface area contributed by atoms with Gasteiger partial charge in [0.1, 0.15) is 5.69 Å². The average Bonchev–Trinajstić information content (AvgIpc) is 3.13. The minimum absolute atomic E-state index is 0.0381. The van der Waals surface area contributed by atoms with Gasteiger partial charge >= 0.3 is 5.97 Å². The zero-order valence-electron chi connectivity index (χ0n) is 19.9. The maximum atomic E-state index is 11.0. The summed E-state index contributed by atoms with van der Waals surface area (Å²) >= 11 is 5.26. The standard InChI is InChI=1S/C25H29N5O3S/c1-6-30-21(16-7-11-18(12-8-16)25(3,4)5)22(31)20(29-30)15(2)27-28-24(34)26-19-13-9-17(10-14-19)23(32)33/h7-14,31H,6H2,1-5H3,(H,32,33)(H2,26,28,34)/b27-15-. The van der Waals surface area contributed by atoms with E-state index < -0.39 is 5.97 Å². The monoisotopic (exact) mass is 479 g/mol.